The molecule has 0 bridgehead atoms. The van der Waals surface area contributed by atoms with Crippen molar-refractivity contribution in [3.05, 3.63) is 11.6 Å². The zero-order chi connectivity index (χ0) is 13.3. The SMILES string of the molecule is CCO[Si](CC)(CCC=C(C)C(=O)O)OCC. The maximum Gasteiger partial charge on any atom is 0.338 e. The lowest BCUT2D eigenvalue weighted by atomic mass is 10.2. The van der Waals surface area contributed by atoms with Gasteiger partial charge in [0.25, 0.3) is 0 Å². The van der Waals surface area contributed by atoms with Crippen LogP contribution in [-0.4, -0.2) is 32.9 Å². The van der Waals surface area contributed by atoms with Gasteiger partial charge in [0.2, 0.25) is 0 Å². The van der Waals surface area contributed by atoms with Crippen LogP contribution in [-0.2, 0) is 13.6 Å². The van der Waals surface area contributed by atoms with Gasteiger partial charge in [-0.3, -0.25) is 0 Å². The van der Waals surface area contributed by atoms with Gasteiger partial charge in [-0.2, -0.15) is 0 Å². The Morgan fingerprint density at radius 3 is 2.12 bits per heavy atom. The van der Waals surface area contributed by atoms with E-state index in [1.54, 1.807) is 13.0 Å². The third kappa shape index (κ3) is 6.00. The molecular formula is C12H24O4Si. The van der Waals surface area contributed by atoms with Crippen molar-refractivity contribution in [2.45, 2.75) is 46.2 Å². The molecule has 0 radical (unpaired) electrons. The first kappa shape index (κ1) is 16.3. The summed E-state index contributed by atoms with van der Waals surface area (Å²) in [6.07, 6.45) is 2.45. The van der Waals surface area contributed by atoms with Crippen LogP contribution in [0.1, 0.15) is 34.1 Å². The molecule has 0 heterocycles. The summed E-state index contributed by atoms with van der Waals surface area (Å²) >= 11 is 0. The topological polar surface area (TPSA) is 55.8 Å². The van der Waals surface area contributed by atoms with Crippen LogP contribution < -0.4 is 0 Å². The predicted octanol–water partition coefficient (Wildman–Crippen LogP) is 2.94. The van der Waals surface area contributed by atoms with E-state index in [4.69, 9.17) is 14.0 Å². The van der Waals surface area contributed by atoms with Crippen LogP contribution in [0.25, 0.3) is 0 Å². The first-order valence-corrected chi connectivity index (χ1v) is 8.42. The average molecular weight is 260 g/mol. The molecule has 0 spiro atoms. The Morgan fingerprint density at radius 1 is 1.24 bits per heavy atom. The van der Waals surface area contributed by atoms with Crippen molar-refractivity contribution in [2.75, 3.05) is 13.2 Å². The molecule has 17 heavy (non-hydrogen) atoms. The monoisotopic (exact) mass is 260 g/mol. The van der Waals surface area contributed by atoms with Gasteiger partial charge in [-0.1, -0.05) is 13.0 Å². The van der Waals surface area contributed by atoms with Crippen molar-refractivity contribution >= 4 is 14.5 Å². The van der Waals surface area contributed by atoms with Crippen molar-refractivity contribution in [2.24, 2.45) is 0 Å². The van der Waals surface area contributed by atoms with Crippen LogP contribution in [0.3, 0.4) is 0 Å². The number of rotatable bonds is 9. The normalized spacial score (nSPS) is 12.8. The summed E-state index contributed by atoms with van der Waals surface area (Å²) in [5.74, 6) is -0.860. The number of allylic oxidation sites excluding steroid dienone is 1. The fourth-order valence-corrected chi connectivity index (χ4v) is 4.46. The van der Waals surface area contributed by atoms with Gasteiger partial charge in [-0.05, 0) is 39.3 Å². The van der Waals surface area contributed by atoms with E-state index >= 15 is 0 Å². The zero-order valence-electron chi connectivity index (χ0n) is 11.3. The standard InChI is InChI=1S/C12H24O4Si/c1-5-15-17(7-3,16-6-2)10-8-9-11(4)12(13)14/h9H,5-8,10H2,1-4H3,(H,13,14). The van der Waals surface area contributed by atoms with Crippen LogP contribution in [0.2, 0.25) is 12.1 Å². The van der Waals surface area contributed by atoms with Crippen LogP contribution in [0, 0.1) is 0 Å². The lowest BCUT2D eigenvalue weighted by Gasteiger charge is -2.28. The van der Waals surface area contributed by atoms with E-state index in [9.17, 15) is 4.79 Å². The van der Waals surface area contributed by atoms with E-state index in [2.05, 4.69) is 6.92 Å². The fraction of sp³-hybridized carbons (Fsp3) is 0.750. The molecule has 0 unspecified atom stereocenters. The van der Waals surface area contributed by atoms with E-state index in [-0.39, 0.29) is 0 Å². The second kappa shape index (κ2) is 8.44. The summed E-state index contributed by atoms with van der Waals surface area (Å²) in [7, 11) is -2.11. The Kier molecular flexibility index (Phi) is 8.12. The van der Waals surface area contributed by atoms with E-state index in [0.717, 1.165) is 12.1 Å². The van der Waals surface area contributed by atoms with Gasteiger partial charge in [-0.25, -0.2) is 4.79 Å². The summed E-state index contributed by atoms with van der Waals surface area (Å²) in [6.45, 7) is 8.93. The maximum atomic E-state index is 10.7. The molecule has 0 amide bonds. The summed E-state index contributed by atoms with van der Waals surface area (Å²) in [4.78, 5) is 10.7. The molecule has 100 valence electrons. The van der Waals surface area contributed by atoms with Crippen molar-refractivity contribution in [3.63, 3.8) is 0 Å². The number of hydrogen-bond donors (Lipinski definition) is 1. The van der Waals surface area contributed by atoms with E-state index in [1.165, 1.54) is 0 Å². The molecule has 0 aromatic rings. The smallest absolute Gasteiger partial charge is 0.338 e. The first-order valence-electron chi connectivity index (χ1n) is 6.19. The molecule has 0 aliphatic heterocycles. The number of carbonyl (C=O) groups is 1. The lowest BCUT2D eigenvalue weighted by molar-refractivity contribution is -0.132. The molecular weight excluding hydrogens is 236 g/mol. The molecule has 0 aromatic carbocycles. The van der Waals surface area contributed by atoms with Crippen LogP contribution >= 0.6 is 0 Å². The molecule has 0 saturated heterocycles. The zero-order valence-corrected chi connectivity index (χ0v) is 12.3. The van der Waals surface area contributed by atoms with Crippen LogP contribution in [0.5, 0.6) is 0 Å². The van der Waals surface area contributed by atoms with Crippen molar-refractivity contribution in [1.29, 1.82) is 0 Å². The minimum Gasteiger partial charge on any atom is -0.478 e. The quantitative estimate of drug-likeness (QED) is 0.511. The molecule has 0 fully saturated rings. The Hall–Kier alpha value is -0.653. The maximum absolute atomic E-state index is 10.7. The van der Waals surface area contributed by atoms with Gasteiger partial charge in [0.1, 0.15) is 0 Å². The number of carboxylic acid groups (broad SMARTS) is 1. The summed E-state index contributed by atoms with van der Waals surface area (Å²) in [5, 5.41) is 8.76. The Labute approximate surface area is 105 Å². The summed E-state index contributed by atoms with van der Waals surface area (Å²) in [6, 6.07) is 1.71. The van der Waals surface area contributed by atoms with Crippen molar-refractivity contribution in [1.82, 2.24) is 0 Å². The highest BCUT2D eigenvalue weighted by Crippen LogP contribution is 2.21. The second-order valence-corrected chi connectivity index (χ2v) is 7.47. The predicted molar refractivity (Wildman–Crippen MR) is 70.3 cm³/mol. The highest BCUT2D eigenvalue weighted by atomic mass is 28.4. The first-order chi connectivity index (χ1) is 8.01. The van der Waals surface area contributed by atoms with Gasteiger partial charge in [0.05, 0.1) is 0 Å². The Morgan fingerprint density at radius 2 is 1.76 bits per heavy atom. The van der Waals surface area contributed by atoms with Crippen LogP contribution in [0.15, 0.2) is 11.6 Å². The van der Waals surface area contributed by atoms with Crippen molar-refractivity contribution in [3.8, 4) is 0 Å². The van der Waals surface area contributed by atoms with Crippen LogP contribution in [0.4, 0.5) is 0 Å². The molecule has 0 aromatic heterocycles. The number of hydrogen-bond acceptors (Lipinski definition) is 3. The molecule has 0 saturated carbocycles. The van der Waals surface area contributed by atoms with E-state index in [0.29, 0.717) is 25.2 Å². The van der Waals surface area contributed by atoms with E-state index in [1.807, 2.05) is 13.8 Å². The fourth-order valence-electron chi connectivity index (χ4n) is 1.69. The third-order valence-corrected chi connectivity index (χ3v) is 6.42. The molecule has 1 N–H and O–H groups in total. The van der Waals surface area contributed by atoms with Gasteiger partial charge in [0.15, 0.2) is 0 Å². The Bertz CT molecular complexity index is 257. The Balaban J connectivity index is 4.43. The second-order valence-electron chi connectivity index (χ2n) is 3.86. The lowest BCUT2D eigenvalue weighted by Crippen LogP contribution is -2.41. The minimum atomic E-state index is -2.11. The van der Waals surface area contributed by atoms with E-state index < -0.39 is 14.5 Å². The summed E-state index contributed by atoms with van der Waals surface area (Å²) < 4.78 is 11.6. The van der Waals surface area contributed by atoms with Gasteiger partial charge in [-0.15, -0.1) is 0 Å². The number of aliphatic carboxylic acids is 1. The number of carboxylic acids is 1. The minimum absolute atomic E-state index is 0.386. The highest BCUT2D eigenvalue weighted by Gasteiger charge is 2.33. The molecule has 5 heteroatoms. The van der Waals surface area contributed by atoms with Crippen molar-refractivity contribution < 1.29 is 18.8 Å². The molecule has 0 aliphatic rings. The third-order valence-electron chi connectivity index (χ3n) is 2.67. The molecule has 4 nitrogen and oxygen atoms in total. The molecule has 0 rings (SSSR count). The summed E-state index contributed by atoms with van der Waals surface area (Å²) in [5.41, 5.74) is 0.386. The van der Waals surface area contributed by atoms with Gasteiger partial charge < -0.3 is 14.0 Å². The molecule has 0 atom stereocenters. The highest BCUT2D eigenvalue weighted by molar-refractivity contribution is 6.67. The molecule has 0 aliphatic carbocycles. The largest absolute Gasteiger partial charge is 0.478 e. The average Bonchev–Trinajstić information content (AvgIpc) is 2.29. The van der Waals surface area contributed by atoms with Gasteiger partial charge in [0, 0.05) is 18.8 Å². The van der Waals surface area contributed by atoms with Gasteiger partial charge >= 0.3 is 14.5 Å².